The predicted octanol–water partition coefficient (Wildman–Crippen LogP) is 3.95. The van der Waals surface area contributed by atoms with Crippen LogP contribution in [0.15, 0.2) is 52.6 Å². The van der Waals surface area contributed by atoms with E-state index in [1.165, 1.54) is 0 Å². The molecular weight excluding hydrogens is 412 g/mol. The number of imide groups is 1. The third-order valence-corrected chi connectivity index (χ3v) is 4.66. The summed E-state index contributed by atoms with van der Waals surface area (Å²) in [6, 6.07) is 13.0. The van der Waals surface area contributed by atoms with Gasteiger partial charge in [0.2, 0.25) is 0 Å². The molecule has 0 spiro atoms. The number of amides is 3. The lowest BCUT2D eigenvalue weighted by Crippen LogP contribution is -2.30. The van der Waals surface area contributed by atoms with E-state index in [1.54, 1.807) is 26.2 Å². The van der Waals surface area contributed by atoms with Crippen LogP contribution in [0.1, 0.15) is 18.1 Å². The largest absolute Gasteiger partial charge is 0.493 e. The van der Waals surface area contributed by atoms with Crippen molar-refractivity contribution >= 4 is 33.9 Å². The van der Waals surface area contributed by atoms with Gasteiger partial charge in [0, 0.05) is 6.54 Å². The van der Waals surface area contributed by atoms with Gasteiger partial charge in [-0.3, -0.25) is 9.69 Å². The number of ether oxygens (including phenoxy) is 2. The second-order valence-corrected chi connectivity index (χ2v) is 6.70. The van der Waals surface area contributed by atoms with Gasteiger partial charge >= 0.3 is 6.03 Å². The van der Waals surface area contributed by atoms with Crippen LogP contribution in [-0.4, -0.2) is 30.5 Å². The van der Waals surface area contributed by atoms with E-state index < -0.39 is 6.03 Å². The molecule has 7 heteroatoms. The third-order valence-electron chi connectivity index (χ3n) is 4.07. The molecule has 0 radical (unpaired) electrons. The Labute approximate surface area is 165 Å². The van der Waals surface area contributed by atoms with Crippen molar-refractivity contribution in [3.63, 3.8) is 0 Å². The zero-order chi connectivity index (χ0) is 19.4. The quantitative estimate of drug-likeness (QED) is 0.556. The van der Waals surface area contributed by atoms with Crippen LogP contribution in [0.25, 0.3) is 6.08 Å². The van der Waals surface area contributed by atoms with Crippen molar-refractivity contribution in [3.8, 4) is 11.5 Å². The average Bonchev–Trinajstić information content (AvgIpc) is 2.93. The Balaban J connectivity index is 1.85. The van der Waals surface area contributed by atoms with Crippen LogP contribution in [0.5, 0.6) is 11.5 Å². The Morgan fingerprint density at radius 1 is 1.19 bits per heavy atom. The maximum atomic E-state index is 12.2. The summed E-state index contributed by atoms with van der Waals surface area (Å²) in [7, 11) is 1.55. The fraction of sp³-hybridized carbons (Fsp3) is 0.200. The topological polar surface area (TPSA) is 67.9 Å². The number of rotatable bonds is 6. The molecule has 1 aliphatic heterocycles. The molecule has 0 bridgehead atoms. The number of carbonyl (C=O) groups excluding carboxylic acids is 2. The Morgan fingerprint density at radius 2 is 1.93 bits per heavy atom. The maximum Gasteiger partial charge on any atom is 0.328 e. The summed E-state index contributed by atoms with van der Waals surface area (Å²) in [5, 5.41) is 2.58. The second-order valence-electron chi connectivity index (χ2n) is 5.85. The summed E-state index contributed by atoms with van der Waals surface area (Å²) < 4.78 is 12.0. The molecule has 1 N–H and O–H groups in total. The van der Waals surface area contributed by atoms with Gasteiger partial charge < -0.3 is 14.8 Å². The molecule has 140 valence electrons. The summed E-state index contributed by atoms with van der Waals surface area (Å²) in [4.78, 5) is 25.2. The highest BCUT2D eigenvalue weighted by Gasteiger charge is 2.32. The van der Waals surface area contributed by atoms with E-state index in [4.69, 9.17) is 9.47 Å². The first-order valence-electron chi connectivity index (χ1n) is 8.42. The molecule has 2 aromatic carbocycles. The monoisotopic (exact) mass is 430 g/mol. The third kappa shape index (κ3) is 4.14. The number of methoxy groups -OCH3 is 1. The number of urea groups is 1. The van der Waals surface area contributed by atoms with Gasteiger partial charge in [-0.15, -0.1) is 0 Å². The molecule has 6 nitrogen and oxygen atoms in total. The van der Waals surface area contributed by atoms with Gasteiger partial charge in [-0.1, -0.05) is 30.3 Å². The minimum absolute atomic E-state index is 0.230. The first-order chi connectivity index (χ1) is 13.0. The number of benzene rings is 2. The lowest BCUT2D eigenvalue weighted by Gasteiger charge is -2.14. The van der Waals surface area contributed by atoms with Gasteiger partial charge in [0.15, 0.2) is 11.5 Å². The Morgan fingerprint density at radius 3 is 2.56 bits per heavy atom. The van der Waals surface area contributed by atoms with Crippen molar-refractivity contribution in [1.29, 1.82) is 0 Å². The van der Waals surface area contributed by atoms with Crippen LogP contribution in [0, 0.1) is 0 Å². The molecule has 3 rings (SSSR count). The SMILES string of the molecule is CCN1C(=O)N/C(=C/c2cc(Br)c(OCc3ccccc3)c(OC)c2)C1=O. The smallest absolute Gasteiger partial charge is 0.328 e. The van der Waals surface area contributed by atoms with Crippen LogP contribution in [-0.2, 0) is 11.4 Å². The molecule has 0 aromatic heterocycles. The molecule has 3 amide bonds. The normalized spacial score (nSPS) is 15.2. The minimum atomic E-state index is -0.414. The molecule has 0 unspecified atom stereocenters. The average molecular weight is 431 g/mol. The van der Waals surface area contributed by atoms with E-state index in [9.17, 15) is 9.59 Å². The molecule has 0 atom stereocenters. The molecule has 1 heterocycles. The predicted molar refractivity (Wildman–Crippen MR) is 105 cm³/mol. The van der Waals surface area contributed by atoms with Crippen molar-refractivity contribution in [1.82, 2.24) is 10.2 Å². The molecule has 0 aliphatic carbocycles. The number of halogens is 1. The minimum Gasteiger partial charge on any atom is -0.493 e. The van der Waals surface area contributed by atoms with E-state index in [2.05, 4.69) is 21.2 Å². The summed E-state index contributed by atoms with van der Waals surface area (Å²) >= 11 is 3.50. The standard InChI is InChI=1S/C20H19BrN2O4/c1-3-23-19(24)16(22-20(23)25)10-14-9-15(21)18(17(11-14)26-2)27-12-13-7-5-4-6-8-13/h4-11H,3,12H2,1-2H3,(H,22,25)/b16-10+. The van der Waals surface area contributed by atoms with Gasteiger partial charge in [0.1, 0.15) is 12.3 Å². The summed E-state index contributed by atoms with van der Waals surface area (Å²) in [6.45, 7) is 2.47. The second kappa shape index (κ2) is 8.26. The van der Waals surface area contributed by atoms with Crippen LogP contribution in [0.3, 0.4) is 0 Å². The molecule has 2 aromatic rings. The molecule has 1 aliphatic rings. The number of carbonyl (C=O) groups is 2. The van der Waals surface area contributed by atoms with Crippen LogP contribution >= 0.6 is 15.9 Å². The summed E-state index contributed by atoms with van der Waals surface area (Å²) in [5.74, 6) is 0.749. The van der Waals surface area contributed by atoms with E-state index in [0.29, 0.717) is 34.7 Å². The first-order valence-corrected chi connectivity index (χ1v) is 9.21. The number of hydrogen-bond donors (Lipinski definition) is 1. The zero-order valence-electron chi connectivity index (χ0n) is 15.0. The van der Waals surface area contributed by atoms with Gasteiger partial charge in [-0.05, 0) is 52.2 Å². The van der Waals surface area contributed by atoms with Gasteiger partial charge in [0.05, 0.1) is 11.6 Å². The highest BCUT2D eigenvalue weighted by molar-refractivity contribution is 9.10. The van der Waals surface area contributed by atoms with E-state index in [-0.39, 0.29) is 11.6 Å². The Hall–Kier alpha value is -2.80. The molecular formula is C20H19BrN2O4. The molecule has 1 saturated heterocycles. The van der Waals surface area contributed by atoms with Gasteiger partial charge in [-0.25, -0.2) is 4.79 Å². The van der Waals surface area contributed by atoms with Crippen molar-refractivity contribution in [2.45, 2.75) is 13.5 Å². The van der Waals surface area contributed by atoms with Crippen LogP contribution < -0.4 is 14.8 Å². The number of hydrogen-bond acceptors (Lipinski definition) is 4. The zero-order valence-corrected chi connectivity index (χ0v) is 16.6. The van der Waals surface area contributed by atoms with Crippen molar-refractivity contribution in [2.75, 3.05) is 13.7 Å². The lowest BCUT2D eigenvalue weighted by atomic mass is 10.1. The van der Waals surface area contributed by atoms with E-state index in [1.807, 2.05) is 36.4 Å². The number of likely N-dealkylation sites (N-methyl/N-ethyl adjacent to an activating group) is 1. The maximum absolute atomic E-state index is 12.2. The van der Waals surface area contributed by atoms with Crippen LogP contribution in [0.4, 0.5) is 4.79 Å². The summed E-state index contributed by atoms with van der Waals surface area (Å²) in [5.41, 5.74) is 1.97. The van der Waals surface area contributed by atoms with Crippen LogP contribution in [0.2, 0.25) is 0 Å². The van der Waals surface area contributed by atoms with Gasteiger partial charge in [0.25, 0.3) is 5.91 Å². The first kappa shape index (κ1) is 19.0. The van der Waals surface area contributed by atoms with Crippen molar-refractivity contribution < 1.29 is 19.1 Å². The molecule has 0 saturated carbocycles. The van der Waals surface area contributed by atoms with Crippen molar-refractivity contribution in [2.24, 2.45) is 0 Å². The molecule has 27 heavy (non-hydrogen) atoms. The van der Waals surface area contributed by atoms with E-state index >= 15 is 0 Å². The van der Waals surface area contributed by atoms with Crippen molar-refractivity contribution in [3.05, 3.63) is 63.8 Å². The fourth-order valence-electron chi connectivity index (χ4n) is 2.72. The summed E-state index contributed by atoms with van der Waals surface area (Å²) in [6.07, 6.45) is 1.62. The van der Waals surface area contributed by atoms with E-state index in [0.717, 1.165) is 10.5 Å². The Kier molecular flexibility index (Phi) is 5.81. The Bertz CT molecular complexity index is 896. The fourth-order valence-corrected chi connectivity index (χ4v) is 3.29. The highest BCUT2D eigenvalue weighted by Crippen LogP contribution is 2.37. The number of nitrogens with one attached hydrogen (secondary N) is 1. The number of nitrogens with zero attached hydrogens (tertiary/aromatic N) is 1. The molecule has 1 fully saturated rings. The lowest BCUT2D eigenvalue weighted by molar-refractivity contribution is -0.122. The van der Waals surface area contributed by atoms with Gasteiger partial charge in [-0.2, -0.15) is 0 Å². The highest BCUT2D eigenvalue weighted by atomic mass is 79.9.